The molecule has 1 saturated carbocycles. The quantitative estimate of drug-likeness (QED) is 0.876. The first-order valence-corrected chi connectivity index (χ1v) is 6.48. The number of nitrogens with zero attached hydrogens (tertiary/aromatic N) is 4. The van der Waals surface area contributed by atoms with Gasteiger partial charge in [-0.1, -0.05) is 0 Å². The zero-order valence-electron chi connectivity index (χ0n) is 11.3. The van der Waals surface area contributed by atoms with Gasteiger partial charge in [0.15, 0.2) is 0 Å². The van der Waals surface area contributed by atoms with Crippen molar-refractivity contribution in [2.24, 2.45) is 0 Å². The van der Waals surface area contributed by atoms with Crippen molar-refractivity contribution in [3.8, 4) is 0 Å². The van der Waals surface area contributed by atoms with E-state index in [-0.39, 0.29) is 11.3 Å². The lowest BCUT2D eigenvalue weighted by atomic mass is 10.2. The lowest BCUT2D eigenvalue weighted by Crippen LogP contribution is -2.16. The summed E-state index contributed by atoms with van der Waals surface area (Å²) in [5.74, 6) is -0.366. The second-order valence-electron chi connectivity index (χ2n) is 4.86. The highest BCUT2D eigenvalue weighted by molar-refractivity contribution is 6.03. The summed E-state index contributed by atoms with van der Waals surface area (Å²) in [5.41, 5.74) is 0.159. The van der Waals surface area contributed by atoms with E-state index in [1.807, 2.05) is 11.5 Å². The van der Waals surface area contributed by atoms with E-state index in [9.17, 15) is 9.59 Å². The molecule has 3 rings (SSSR count). The Labute approximate surface area is 119 Å². The average Bonchev–Trinajstić information content (AvgIpc) is 3.24. The first-order valence-electron chi connectivity index (χ1n) is 6.48. The van der Waals surface area contributed by atoms with Gasteiger partial charge in [0.25, 0.3) is 5.91 Å². The highest BCUT2D eigenvalue weighted by Crippen LogP contribution is 2.37. The Hall–Kier alpha value is -2.77. The highest BCUT2D eigenvalue weighted by atomic mass is 16.4. The van der Waals surface area contributed by atoms with E-state index >= 15 is 0 Å². The summed E-state index contributed by atoms with van der Waals surface area (Å²) in [7, 11) is 0. The number of anilines is 1. The van der Waals surface area contributed by atoms with Crippen molar-refractivity contribution in [1.82, 2.24) is 19.7 Å². The number of amides is 1. The van der Waals surface area contributed by atoms with Crippen LogP contribution in [0.25, 0.3) is 0 Å². The molecular weight excluding hydrogens is 274 g/mol. The minimum absolute atomic E-state index is 0.108. The van der Waals surface area contributed by atoms with Crippen molar-refractivity contribution in [2.45, 2.75) is 25.8 Å². The fraction of sp³-hybridized carbons (Fsp3) is 0.308. The Balaban J connectivity index is 1.78. The van der Waals surface area contributed by atoms with Crippen LogP contribution in [0.15, 0.2) is 18.3 Å². The second kappa shape index (κ2) is 4.97. The predicted octanol–water partition coefficient (Wildman–Crippen LogP) is 1.27. The second-order valence-corrected chi connectivity index (χ2v) is 4.86. The van der Waals surface area contributed by atoms with E-state index < -0.39 is 11.9 Å². The fourth-order valence-corrected chi connectivity index (χ4v) is 2.05. The molecule has 0 spiro atoms. The molecule has 8 heteroatoms. The summed E-state index contributed by atoms with van der Waals surface area (Å²) in [5, 5.41) is 19.4. The number of carbonyl (C=O) groups is 2. The highest BCUT2D eigenvalue weighted by Gasteiger charge is 2.28. The van der Waals surface area contributed by atoms with Crippen molar-refractivity contribution in [3.63, 3.8) is 0 Å². The third-order valence-electron chi connectivity index (χ3n) is 3.25. The number of carboxylic acids is 1. The van der Waals surface area contributed by atoms with E-state index in [4.69, 9.17) is 5.11 Å². The van der Waals surface area contributed by atoms with Crippen LogP contribution in [0.3, 0.4) is 0 Å². The van der Waals surface area contributed by atoms with Crippen molar-refractivity contribution in [2.75, 3.05) is 5.32 Å². The van der Waals surface area contributed by atoms with Gasteiger partial charge in [-0.05, 0) is 31.9 Å². The van der Waals surface area contributed by atoms with Gasteiger partial charge in [-0.25, -0.2) is 9.78 Å². The Morgan fingerprint density at radius 3 is 2.67 bits per heavy atom. The molecule has 1 fully saturated rings. The molecule has 0 unspecified atom stereocenters. The lowest BCUT2D eigenvalue weighted by molar-refractivity contribution is 0.0690. The average molecular weight is 287 g/mol. The van der Waals surface area contributed by atoms with Gasteiger partial charge in [0.1, 0.15) is 11.5 Å². The number of nitrogens with one attached hydrogen (secondary N) is 1. The number of aromatic carboxylic acids is 1. The summed E-state index contributed by atoms with van der Waals surface area (Å²) in [6, 6.07) is 3.05. The van der Waals surface area contributed by atoms with Crippen LogP contribution < -0.4 is 5.32 Å². The van der Waals surface area contributed by atoms with Gasteiger partial charge in [0.2, 0.25) is 5.95 Å². The fourth-order valence-electron chi connectivity index (χ4n) is 2.05. The summed E-state index contributed by atoms with van der Waals surface area (Å²) in [6.07, 6.45) is 3.33. The smallest absolute Gasteiger partial charge is 0.354 e. The number of aryl methyl sites for hydroxylation is 1. The maximum Gasteiger partial charge on any atom is 0.354 e. The van der Waals surface area contributed by atoms with Crippen molar-refractivity contribution in [3.05, 3.63) is 35.4 Å². The van der Waals surface area contributed by atoms with Gasteiger partial charge in [-0.3, -0.25) is 14.7 Å². The number of rotatable bonds is 4. The molecule has 108 valence electrons. The van der Waals surface area contributed by atoms with E-state index in [1.165, 1.54) is 18.3 Å². The first-order chi connectivity index (χ1) is 10.1. The van der Waals surface area contributed by atoms with Gasteiger partial charge in [-0.2, -0.15) is 0 Å². The van der Waals surface area contributed by atoms with Gasteiger partial charge in [0.05, 0.1) is 5.56 Å². The van der Waals surface area contributed by atoms with Gasteiger partial charge < -0.3 is 5.11 Å². The van der Waals surface area contributed by atoms with E-state index in [1.54, 1.807) is 0 Å². The number of carbonyl (C=O) groups excluding carboxylic acids is 1. The SMILES string of the molecule is Cc1nnc(NC(=O)c2ccc(C(=O)O)nc2)n1C1CC1. The summed E-state index contributed by atoms with van der Waals surface area (Å²) in [4.78, 5) is 26.6. The summed E-state index contributed by atoms with van der Waals surface area (Å²) in [6.45, 7) is 1.84. The van der Waals surface area contributed by atoms with Crippen molar-refractivity contribution < 1.29 is 14.7 Å². The third-order valence-corrected chi connectivity index (χ3v) is 3.25. The van der Waals surface area contributed by atoms with Gasteiger partial charge in [0, 0.05) is 12.2 Å². The topological polar surface area (TPSA) is 110 Å². The van der Waals surface area contributed by atoms with Crippen LogP contribution in [-0.2, 0) is 0 Å². The predicted molar refractivity (Wildman–Crippen MR) is 72.2 cm³/mol. The Bertz CT molecular complexity index is 703. The van der Waals surface area contributed by atoms with Crippen LogP contribution >= 0.6 is 0 Å². The molecule has 1 aliphatic carbocycles. The maximum atomic E-state index is 12.1. The summed E-state index contributed by atoms with van der Waals surface area (Å²) >= 11 is 0. The minimum Gasteiger partial charge on any atom is -0.477 e. The number of pyridine rings is 1. The van der Waals surface area contributed by atoms with E-state index in [0.717, 1.165) is 18.7 Å². The maximum absolute atomic E-state index is 12.1. The van der Waals surface area contributed by atoms with Crippen LogP contribution in [-0.4, -0.2) is 36.7 Å². The molecule has 1 amide bonds. The van der Waals surface area contributed by atoms with Gasteiger partial charge >= 0.3 is 5.97 Å². The van der Waals surface area contributed by atoms with Crippen LogP contribution in [0.2, 0.25) is 0 Å². The lowest BCUT2D eigenvalue weighted by Gasteiger charge is -2.08. The van der Waals surface area contributed by atoms with E-state index in [2.05, 4.69) is 20.5 Å². The number of carboxylic acid groups (broad SMARTS) is 1. The molecule has 0 aromatic carbocycles. The Morgan fingerprint density at radius 1 is 1.33 bits per heavy atom. The molecule has 2 N–H and O–H groups in total. The molecule has 0 saturated heterocycles. The Morgan fingerprint density at radius 2 is 2.10 bits per heavy atom. The molecule has 0 radical (unpaired) electrons. The molecule has 1 aliphatic rings. The summed E-state index contributed by atoms with van der Waals surface area (Å²) < 4.78 is 1.90. The van der Waals surface area contributed by atoms with Gasteiger partial charge in [-0.15, -0.1) is 10.2 Å². The largest absolute Gasteiger partial charge is 0.477 e. The molecule has 2 aromatic heterocycles. The zero-order chi connectivity index (χ0) is 15.0. The van der Waals surface area contributed by atoms with Crippen molar-refractivity contribution >= 4 is 17.8 Å². The number of aromatic nitrogens is 4. The zero-order valence-corrected chi connectivity index (χ0v) is 11.3. The molecule has 0 bridgehead atoms. The first kappa shape index (κ1) is 13.2. The monoisotopic (exact) mass is 287 g/mol. The number of hydrogen-bond acceptors (Lipinski definition) is 5. The third kappa shape index (κ3) is 2.60. The molecular formula is C13H13N5O3. The molecule has 2 aromatic rings. The van der Waals surface area contributed by atoms with Crippen LogP contribution in [0.4, 0.5) is 5.95 Å². The van der Waals surface area contributed by atoms with Crippen LogP contribution in [0.1, 0.15) is 45.6 Å². The van der Waals surface area contributed by atoms with Crippen LogP contribution in [0, 0.1) is 6.92 Å². The van der Waals surface area contributed by atoms with E-state index in [0.29, 0.717) is 12.0 Å². The molecule has 21 heavy (non-hydrogen) atoms. The normalized spacial score (nSPS) is 14.0. The standard InChI is InChI=1S/C13H13N5O3/c1-7-16-17-13(18(7)9-3-4-9)15-11(19)8-2-5-10(12(20)21)14-6-8/h2,5-6,9H,3-4H2,1H3,(H,20,21)(H,15,17,19). The van der Waals surface area contributed by atoms with Crippen molar-refractivity contribution in [1.29, 1.82) is 0 Å². The molecule has 8 nitrogen and oxygen atoms in total. The molecule has 2 heterocycles. The Kier molecular flexibility index (Phi) is 3.13. The number of hydrogen-bond donors (Lipinski definition) is 2. The van der Waals surface area contributed by atoms with Crippen LogP contribution in [0.5, 0.6) is 0 Å². The molecule has 0 aliphatic heterocycles. The minimum atomic E-state index is -1.13. The molecule has 0 atom stereocenters.